The van der Waals surface area contributed by atoms with Crippen LogP contribution in [0.2, 0.25) is 0 Å². The molecule has 1 atom stereocenters. The highest BCUT2D eigenvalue weighted by atomic mass is 16.4. The Labute approximate surface area is 115 Å². The Balaban J connectivity index is 4.10. The molecule has 0 rings (SSSR count). The number of carbonyl (C=O) groups excluding carboxylic acids is 2. The number of aliphatic carboxylic acids is 2. The van der Waals surface area contributed by atoms with Crippen molar-refractivity contribution in [3.63, 3.8) is 0 Å². The second kappa shape index (κ2) is 8.73. The number of urea groups is 1. The molecule has 0 aromatic carbocycles. The SMILES string of the molecule is CN(C)C(=O)CCNC(=O)N[C@@H](CCC(=O)O)C(=O)O. The molecule has 0 radical (unpaired) electrons. The highest BCUT2D eigenvalue weighted by Gasteiger charge is 2.20. The van der Waals surface area contributed by atoms with Gasteiger partial charge in [-0.1, -0.05) is 0 Å². The number of rotatable bonds is 8. The van der Waals surface area contributed by atoms with E-state index in [1.54, 1.807) is 14.1 Å². The molecule has 114 valence electrons. The van der Waals surface area contributed by atoms with Gasteiger partial charge in [-0.05, 0) is 6.42 Å². The largest absolute Gasteiger partial charge is 0.481 e. The zero-order valence-electron chi connectivity index (χ0n) is 11.4. The number of carboxylic acid groups (broad SMARTS) is 2. The third-order valence-corrected chi connectivity index (χ3v) is 2.37. The van der Waals surface area contributed by atoms with Crippen LogP contribution in [0.1, 0.15) is 19.3 Å². The van der Waals surface area contributed by atoms with Gasteiger partial charge in [-0.2, -0.15) is 0 Å². The summed E-state index contributed by atoms with van der Waals surface area (Å²) in [7, 11) is 3.16. The molecule has 0 aromatic heterocycles. The van der Waals surface area contributed by atoms with E-state index in [9.17, 15) is 19.2 Å². The summed E-state index contributed by atoms with van der Waals surface area (Å²) in [5.74, 6) is -2.63. The van der Waals surface area contributed by atoms with Crippen molar-refractivity contribution < 1.29 is 29.4 Å². The lowest BCUT2D eigenvalue weighted by Gasteiger charge is -2.15. The molecule has 0 fully saturated rings. The third kappa shape index (κ3) is 7.90. The van der Waals surface area contributed by atoms with Crippen LogP contribution in [-0.2, 0) is 14.4 Å². The Hall–Kier alpha value is -2.32. The Morgan fingerprint density at radius 1 is 1.10 bits per heavy atom. The molecule has 3 amide bonds. The zero-order valence-corrected chi connectivity index (χ0v) is 11.4. The number of carboxylic acids is 2. The van der Waals surface area contributed by atoms with Crippen LogP contribution in [0.4, 0.5) is 4.79 Å². The molecule has 0 unspecified atom stereocenters. The van der Waals surface area contributed by atoms with Crippen molar-refractivity contribution >= 4 is 23.9 Å². The highest BCUT2D eigenvalue weighted by Crippen LogP contribution is 1.98. The molecule has 0 aliphatic heterocycles. The summed E-state index contributed by atoms with van der Waals surface area (Å²) in [6, 6.07) is -2.04. The van der Waals surface area contributed by atoms with Gasteiger partial charge in [0.1, 0.15) is 6.04 Å². The molecule has 0 bridgehead atoms. The fourth-order valence-electron chi connectivity index (χ4n) is 1.24. The predicted molar refractivity (Wildman–Crippen MR) is 68.1 cm³/mol. The first-order valence-corrected chi connectivity index (χ1v) is 5.93. The van der Waals surface area contributed by atoms with Gasteiger partial charge in [0.05, 0.1) is 0 Å². The number of nitrogens with one attached hydrogen (secondary N) is 2. The zero-order chi connectivity index (χ0) is 15.7. The van der Waals surface area contributed by atoms with Crippen LogP contribution in [0.5, 0.6) is 0 Å². The number of hydrogen-bond acceptors (Lipinski definition) is 4. The lowest BCUT2D eigenvalue weighted by atomic mass is 10.1. The van der Waals surface area contributed by atoms with E-state index in [2.05, 4.69) is 10.6 Å². The fourth-order valence-corrected chi connectivity index (χ4v) is 1.24. The average Bonchev–Trinajstić information content (AvgIpc) is 2.33. The van der Waals surface area contributed by atoms with Crippen LogP contribution in [0.15, 0.2) is 0 Å². The van der Waals surface area contributed by atoms with Crippen LogP contribution >= 0.6 is 0 Å². The van der Waals surface area contributed by atoms with E-state index >= 15 is 0 Å². The molecule has 9 nitrogen and oxygen atoms in total. The van der Waals surface area contributed by atoms with Gasteiger partial charge in [0.25, 0.3) is 0 Å². The molecule has 4 N–H and O–H groups in total. The first-order chi connectivity index (χ1) is 9.23. The average molecular weight is 289 g/mol. The minimum Gasteiger partial charge on any atom is -0.481 e. The van der Waals surface area contributed by atoms with Crippen molar-refractivity contribution in [1.29, 1.82) is 0 Å². The van der Waals surface area contributed by atoms with Crippen LogP contribution < -0.4 is 10.6 Å². The van der Waals surface area contributed by atoms with Crippen LogP contribution in [0.3, 0.4) is 0 Å². The minimum atomic E-state index is -1.31. The molecule has 0 aliphatic rings. The topological polar surface area (TPSA) is 136 Å². The molecule has 0 aliphatic carbocycles. The number of amides is 3. The third-order valence-electron chi connectivity index (χ3n) is 2.37. The Morgan fingerprint density at radius 3 is 2.15 bits per heavy atom. The van der Waals surface area contributed by atoms with E-state index < -0.39 is 24.0 Å². The molecule has 0 saturated heterocycles. The summed E-state index contributed by atoms with van der Waals surface area (Å²) in [5.41, 5.74) is 0. The van der Waals surface area contributed by atoms with Crippen molar-refractivity contribution in [3.05, 3.63) is 0 Å². The lowest BCUT2D eigenvalue weighted by Crippen LogP contribution is -2.46. The first kappa shape index (κ1) is 17.7. The molecule has 0 aromatic rings. The lowest BCUT2D eigenvalue weighted by molar-refractivity contribution is -0.140. The van der Waals surface area contributed by atoms with Crippen LogP contribution in [0.25, 0.3) is 0 Å². The van der Waals surface area contributed by atoms with Gasteiger partial charge in [-0.3, -0.25) is 9.59 Å². The van der Waals surface area contributed by atoms with Gasteiger partial charge >= 0.3 is 18.0 Å². The smallest absolute Gasteiger partial charge is 0.326 e. The van der Waals surface area contributed by atoms with Gasteiger partial charge in [-0.15, -0.1) is 0 Å². The van der Waals surface area contributed by atoms with Gasteiger partial charge < -0.3 is 25.7 Å². The fraction of sp³-hybridized carbons (Fsp3) is 0.636. The van der Waals surface area contributed by atoms with Gasteiger partial charge in [0.2, 0.25) is 5.91 Å². The molecular formula is C11H19N3O6. The summed E-state index contributed by atoms with van der Waals surface area (Å²) >= 11 is 0. The normalized spacial score (nSPS) is 11.3. The molecule has 9 heteroatoms. The summed E-state index contributed by atoms with van der Waals surface area (Å²) in [4.78, 5) is 45.2. The van der Waals surface area contributed by atoms with E-state index in [1.807, 2.05) is 0 Å². The van der Waals surface area contributed by atoms with Crippen molar-refractivity contribution in [2.75, 3.05) is 20.6 Å². The maximum absolute atomic E-state index is 11.4. The summed E-state index contributed by atoms with van der Waals surface area (Å²) in [6.45, 7) is 0.0636. The molecular weight excluding hydrogens is 270 g/mol. The standard InChI is InChI=1S/C11H19N3O6/c1-14(2)8(15)5-6-12-11(20)13-7(10(18)19)3-4-9(16)17/h7H,3-6H2,1-2H3,(H,16,17)(H,18,19)(H2,12,13,20)/t7-/m0/s1. The van der Waals surface area contributed by atoms with Crippen molar-refractivity contribution in [1.82, 2.24) is 15.5 Å². The van der Waals surface area contributed by atoms with Gasteiger partial charge in [-0.25, -0.2) is 9.59 Å². The molecule has 0 spiro atoms. The second-order valence-corrected chi connectivity index (χ2v) is 4.26. The summed E-state index contributed by atoms with van der Waals surface area (Å²) < 4.78 is 0. The van der Waals surface area contributed by atoms with E-state index in [1.165, 1.54) is 4.90 Å². The van der Waals surface area contributed by atoms with Crippen LogP contribution in [-0.4, -0.2) is 65.7 Å². The Bertz CT molecular complexity index is 382. The number of hydrogen-bond donors (Lipinski definition) is 4. The minimum absolute atomic E-state index is 0.0636. The Kier molecular flexibility index (Phi) is 7.71. The van der Waals surface area contributed by atoms with Crippen LogP contribution in [0, 0.1) is 0 Å². The van der Waals surface area contributed by atoms with E-state index in [0.29, 0.717) is 0 Å². The molecule has 0 saturated carbocycles. The molecule has 0 heterocycles. The maximum Gasteiger partial charge on any atom is 0.326 e. The van der Waals surface area contributed by atoms with Crippen molar-refractivity contribution in [2.45, 2.75) is 25.3 Å². The number of carbonyl (C=O) groups is 4. The monoisotopic (exact) mass is 289 g/mol. The molecule has 20 heavy (non-hydrogen) atoms. The van der Waals surface area contributed by atoms with E-state index in [4.69, 9.17) is 10.2 Å². The number of nitrogens with zero attached hydrogens (tertiary/aromatic N) is 1. The summed E-state index contributed by atoms with van der Waals surface area (Å²) in [6.07, 6.45) is -0.488. The van der Waals surface area contributed by atoms with Crippen molar-refractivity contribution in [2.24, 2.45) is 0 Å². The summed E-state index contributed by atoms with van der Waals surface area (Å²) in [5, 5.41) is 21.8. The van der Waals surface area contributed by atoms with E-state index in [-0.39, 0.29) is 31.7 Å². The first-order valence-electron chi connectivity index (χ1n) is 5.93. The van der Waals surface area contributed by atoms with E-state index in [0.717, 1.165) is 0 Å². The van der Waals surface area contributed by atoms with Gasteiger partial charge in [0, 0.05) is 33.5 Å². The predicted octanol–water partition coefficient (Wildman–Crippen LogP) is -0.918. The second-order valence-electron chi connectivity index (χ2n) is 4.26. The Morgan fingerprint density at radius 2 is 1.70 bits per heavy atom. The maximum atomic E-state index is 11.4. The van der Waals surface area contributed by atoms with Crippen molar-refractivity contribution in [3.8, 4) is 0 Å². The van der Waals surface area contributed by atoms with Gasteiger partial charge in [0.15, 0.2) is 0 Å². The highest BCUT2D eigenvalue weighted by molar-refractivity contribution is 5.83. The quantitative estimate of drug-likeness (QED) is 0.456.